The van der Waals surface area contributed by atoms with Crippen molar-refractivity contribution < 1.29 is 0 Å². The number of rotatable bonds is 26. The number of unbranched alkanes of at least 4 members (excludes halogenated alkanes) is 19. The van der Waals surface area contributed by atoms with Gasteiger partial charge in [-0.1, -0.05) is 183 Å². The van der Waals surface area contributed by atoms with E-state index < -0.39 is 0 Å². The van der Waals surface area contributed by atoms with E-state index in [0.29, 0.717) is 5.92 Å². The number of hydrogen-bond acceptors (Lipinski definition) is 1. The van der Waals surface area contributed by atoms with Crippen LogP contribution in [-0.2, 0) is 0 Å². The second kappa shape index (κ2) is 22.2. The Bertz CT molecular complexity index is 415. The van der Waals surface area contributed by atoms with Crippen molar-refractivity contribution in [3.8, 4) is 0 Å². The Labute approximate surface area is 218 Å². The van der Waals surface area contributed by atoms with Crippen LogP contribution in [0.4, 0.5) is 0 Å². The second-order valence-electron chi connectivity index (χ2n) is 12.4. The van der Waals surface area contributed by atoms with Crippen LogP contribution in [-0.4, -0.2) is 5.54 Å². The molecule has 0 amide bonds. The molecule has 2 N–H and O–H groups in total. The average molecular weight is 480 g/mol. The Balaban J connectivity index is 3.98. The van der Waals surface area contributed by atoms with Crippen molar-refractivity contribution in [2.45, 2.75) is 201 Å². The lowest BCUT2D eigenvalue weighted by Crippen LogP contribution is -2.55. The Morgan fingerprint density at radius 2 is 0.824 bits per heavy atom. The lowest BCUT2D eigenvalue weighted by atomic mass is 9.61. The van der Waals surface area contributed by atoms with Crippen LogP contribution in [0.1, 0.15) is 196 Å². The van der Waals surface area contributed by atoms with E-state index in [1.807, 2.05) is 0 Å². The molecule has 0 aromatic heterocycles. The maximum absolute atomic E-state index is 7.11. The maximum Gasteiger partial charge on any atom is 0.0206 e. The van der Waals surface area contributed by atoms with Gasteiger partial charge in [0.05, 0.1) is 0 Å². The van der Waals surface area contributed by atoms with Gasteiger partial charge in [-0.3, -0.25) is 0 Å². The molecule has 206 valence electrons. The third kappa shape index (κ3) is 15.9. The van der Waals surface area contributed by atoms with E-state index in [-0.39, 0.29) is 11.0 Å². The van der Waals surface area contributed by atoms with Gasteiger partial charge in [-0.25, -0.2) is 0 Å². The molecule has 0 aromatic rings. The fraction of sp³-hybridized carbons (Fsp3) is 1.00. The van der Waals surface area contributed by atoms with Gasteiger partial charge in [0.15, 0.2) is 0 Å². The van der Waals surface area contributed by atoms with E-state index in [1.54, 1.807) is 0 Å². The highest BCUT2D eigenvalue weighted by Gasteiger charge is 2.42. The molecule has 0 rings (SSSR count). The normalized spacial score (nSPS) is 14.9. The first-order valence-electron chi connectivity index (χ1n) is 16.1. The highest BCUT2D eigenvalue weighted by molar-refractivity contribution is 4.99. The molecular weight excluding hydrogens is 410 g/mol. The van der Waals surface area contributed by atoms with Crippen molar-refractivity contribution in [2.24, 2.45) is 17.1 Å². The van der Waals surface area contributed by atoms with Crippen molar-refractivity contribution in [1.29, 1.82) is 0 Å². The topological polar surface area (TPSA) is 26.0 Å². The first kappa shape index (κ1) is 34.0. The van der Waals surface area contributed by atoms with E-state index in [2.05, 4.69) is 41.5 Å². The summed E-state index contributed by atoms with van der Waals surface area (Å²) in [6.07, 6.45) is 33.5. The zero-order valence-corrected chi connectivity index (χ0v) is 25.1. The number of nitrogens with two attached hydrogens (primary N) is 1. The van der Waals surface area contributed by atoms with Crippen LogP contribution in [0, 0.1) is 11.3 Å². The van der Waals surface area contributed by atoms with Crippen molar-refractivity contribution in [2.75, 3.05) is 0 Å². The summed E-state index contributed by atoms with van der Waals surface area (Å²) in [6, 6.07) is 0. The first-order valence-corrected chi connectivity index (χ1v) is 16.1. The van der Waals surface area contributed by atoms with Crippen LogP contribution >= 0.6 is 0 Å². The summed E-state index contributed by atoms with van der Waals surface area (Å²) in [5.74, 6) is 0.708. The zero-order valence-electron chi connectivity index (χ0n) is 25.1. The second-order valence-corrected chi connectivity index (χ2v) is 12.4. The quantitative estimate of drug-likeness (QED) is 0.123. The predicted molar refractivity (Wildman–Crippen MR) is 158 cm³/mol. The molecule has 1 nitrogen and oxygen atoms in total. The molecule has 0 radical (unpaired) electrons. The molecule has 2 atom stereocenters. The summed E-state index contributed by atoms with van der Waals surface area (Å²) in [5.41, 5.74) is 7.33. The van der Waals surface area contributed by atoms with Gasteiger partial charge in [-0.05, 0) is 24.2 Å². The van der Waals surface area contributed by atoms with Crippen molar-refractivity contribution in [3.05, 3.63) is 0 Å². The molecule has 0 fully saturated rings. The molecule has 0 heterocycles. The summed E-state index contributed by atoms with van der Waals surface area (Å²) in [6.45, 7) is 14.3. The van der Waals surface area contributed by atoms with Crippen LogP contribution in [0.3, 0.4) is 0 Å². The first-order chi connectivity index (χ1) is 16.4. The Morgan fingerprint density at radius 1 is 0.500 bits per heavy atom. The maximum atomic E-state index is 7.11. The van der Waals surface area contributed by atoms with Gasteiger partial charge in [0.2, 0.25) is 0 Å². The van der Waals surface area contributed by atoms with Gasteiger partial charge in [-0.15, -0.1) is 0 Å². The van der Waals surface area contributed by atoms with Crippen LogP contribution in [0.25, 0.3) is 0 Å². The molecule has 1 heteroatoms. The van der Waals surface area contributed by atoms with Crippen LogP contribution in [0.2, 0.25) is 0 Å². The van der Waals surface area contributed by atoms with Gasteiger partial charge >= 0.3 is 0 Å². The van der Waals surface area contributed by atoms with E-state index in [9.17, 15) is 0 Å². The molecule has 0 saturated heterocycles. The minimum Gasteiger partial charge on any atom is -0.325 e. The minimum atomic E-state index is -0.00958. The highest BCUT2D eigenvalue weighted by atomic mass is 14.8. The van der Waals surface area contributed by atoms with E-state index >= 15 is 0 Å². The number of hydrogen-bond donors (Lipinski definition) is 1. The van der Waals surface area contributed by atoms with Crippen molar-refractivity contribution in [3.63, 3.8) is 0 Å². The van der Waals surface area contributed by atoms with Gasteiger partial charge in [-0.2, -0.15) is 0 Å². The molecule has 0 aliphatic carbocycles. The lowest BCUT2D eigenvalue weighted by molar-refractivity contribution is 0.0708. The summed E-state index contributed by atoms with van der Waals surface area (Å²) >= 11 is 0. The molecule has 0 saturated carbocycles. The van der Waals surface area contributed by atoms with Crippen LogP contribution in [0.15, 0.2) is 0 Å². The largest absolute Gasteiger partial charge is 0.325 e. The predicted octanol–water partition coefficient (Wildman–Crippen LogP) is 11.8. The summed E-state index contributed by atoms with van der Waals surface area (Å²) in [4.78, 5) is 0. The van der Waals surface area contributed by atoms with E-state index in [0.717, 1.165) is 6.42 Å². The van der Waals surface area contributed by atoms with Gasteiger partial charge in [0.1, 0.15) is 0 Å². The van der Waals surface area contributed by atoms with Gasteiger partial charge in [0, 0.05) is 5.54 Å². The Morgan fingerprint density at radius 3 is 1.18 bits per heavy atom. The van der Waals surface area contributed by atoms with Gasteiger partial charge < -0.3 is 5.73 Å². The van der Waals surface area contributed by atoms with Gasteiger partial charge in [0.25, 0.3) is 0 Å². The molecule has 0 spiro atoms. The molecule has 34 heavy (non-hydrogen) atoms. The third-order valence-corrected chi connectivity index (χ3v) is 9.36. The summed E-state index contributed by atoms with van der Waals surface area (Å²) < 4.78 is 0. The summed E-state index contributed by atoms with van der Waals surface area (Å²) in [7, 11) is 0. The smallest absolute Gasteiger partial charge is 0.0206 e. The van der Waals surface area contributed by atoms with Crippen LogP contribution in [0.5, 0.6) is 0 Å². The molecule has 0 aliphatic heterocycles. The van der Waals surface area contributed by atoms with E-state index in [1.165, 1.54) is 148 Å². The fourth-order valence-corrected chi connectivity index (χ4v) is 5.85. The monoisotopic (exact) mass is 480 g/mol. The SMILES string of the molecule is CCCCCCCCCCCCCC(C)C(C)(C)C(N)(CC)CCCCCCCCCCCC. The third-order valence-electron chi connectivity index (χ3n) is 9.36. The lowest BCUT2D eigenvalue weighted by Gasteiger charge is -2.48. The van der Waals surface area contributed by atoms with Crippen molar-refractivity contribution in [1.82, 2.24) is 0 Å². The fourth-order valence-electron chi connectivity index (χ4n) is 5.85. The van der Waals surface area contributed by atoms with E-state index in [4.69, 9.17) is 5.73 Å². The Hall–Kier alpha value is -0.0400. The minimum absolute atomic E-state index is 0.00958. The molecule has 2 unspecified atom stereocenters. The zero-order chi connectivity index (χ0) is 25.5. The summed E-state index contributed by atoms with van der Waals surface area (Å²) in [5, 5.41) is 0. The standard InChI is InChI=1S/C33H69N/c1-7-10-12-14-16-18-20-21-23-25-27-29-31(4)32(5,6)33(34,9-3)30-28-26-24-22-19-17-15-13-11-8-2/h31H,7-30,34H2,1-6H3. The highest BCUT2D eigenvalue weighted by Crippen LogP contribution is 2.43. The van der Waals surface area contributed by atoms with Crippen molar-refractivity contribution >= 4 is 0 Å². The van der Waals surface area contributed by atoms with Crippen LogP contribution < -0.4 is 5.73 Å². The molecular formula is C33H69N. The molecule has 0 aliphatic rings. The average Bonchev–Trinajstić information content (AvgIpc) is 2.83. The molecule has 0 bridgehead atoms. The molecule has 0 aromatic carbocycles. The Kier molecular flexibility index (Phi) is 22.2.